The van der Waals surface area contributed by atoms with Crippen molar-refractivity contribution in [3.05, 3.63) is 0 Å². The standard InChI is InChI=1S/C5H11N3/c1-3-5(2,4-6)8-7/h8H,3,7H2,1-2H3. The second-order valence-corrected chi connectivity index (χ2v) is 1.94. The largest absolute Gasteiger partial charge is 0.270 e. The van der Waals surface area contributed by atoms with Crippen LogP contribution in [0.3, 0.4) is 0 Å². The van der Waals surface area contributed by atoms with Gasteiger partial charge in [-0.25, -0.2) is 5.43 Å². The molecule has 0 spiro atoms. The van der Waals surface area contributed by atoms with Gasteiger partial charge in [0, 0.05) is 0 Å². The van der Waals surface area contributed by atoms with E-state index >= 15 is 0 Å². The second kappa shape index (κ2) is 2.65. The third-order valence-electron chi connectivity index (χ3n) is 1.27. The predicted molar refractivity (Wildman–Crippen MR) is 31.6 cm³/mol. The first kappa shape index (κ1) is 7.41. The summed E-state index contributed by atoms with van der Waals surface area (Å²) >= 11 is 0. The summed E-state index contributed by atoms with van der Waals surface area (Å²) in [5, 5.41) is 8.39. The molecule has 0 amide bonds. The Hall–Kier alpha value is -0.590. The van der Waals surface area contributed by atoms with Crippen molar-refractivity contribution in [1.29, 1.82) is 5.26 Å². The summed E-state index contributed by atoms with van der Waals surface area (Å²) in [4.78, 5) is 0. The Morgan fingerprint density at radius 3 is 2.38 bits per heavy atom. The van der Waals surface area contributed by atoms with Gasteiger partial charge in [-0.1, -0.05) is 6.92 Å². The van der Waals surface area contributed by atoms with Crippen molar-refractivity contribution in [3.63, 3.8) is 0 Å². The second-order valence-electron chi connectivity index (χ2n) is 1.94. The summed E-state index contributed by atoms with van der Waals surface area (Å²) in [7, 11) is 0. The minimum Gasteiger partial charge on any atom is -0.270 e. The molecule has 3 nitrogen and oxygen atoms in total. The molecule has 46 valence electrons. The molecule has 0 aliphatic rings. The lowest BCUT2D eigenvalue weighted by Gasteiger charge is -2.16. The first-order valence-corrected chi connectivity index (χ1v) is 2.57. The lowest BCUT2D eigenvalue weighted by atomic mass is 10.0. The summed E-state index contributed by atoms with van der Waals surface area (Å²) in [6.07, 6.45) is 0.722. The molecular formula is C5H11N3. The Balaban J connectivity index is 3.83. The lowest BCUT2D eigenvalue weighted by Crippen LogP contribution is -2.44. The van der Waals surface area contributed by atoms with E-state index in [1.165, 1.54) is 0 Å². The zero-order chi connectivity index (χ0) is 6.62. The molecule has 3 N–H and O–H groups in total. The van der Waals surface area contributed by atoms with Gasteiger partial charge in [0.05, 0.1) is 6.07 Å². The maximum Gasteiger partial charge on any atom is 0.115 e. The highest BCUT2D eigenvalue weighted by molar-refractivity contribution is 5.00. The zero-order valence-corrected chi connectivity index (χ0v) is 5.23. The molecule has 0 saturated heterocycles. The summed E-state index contributed by atoms with van der Waals surface area (Å²) in [6, 6.07) is 2.04. The maximum atomic E-state index is 8.39. The molecule has 1 atom stereocenters. The van der Waals surface area contributed by atoms with Crippen molar-refractivity contribution >= 4 is 0 Å². The Labute approximate surface area is 49.5 Å². The normalized spacial score (nSPS) is 16.8. The highest BCUT2D eigenvalue weighted by Gasteiger charge is 2.17. The van der Waals surface area contributed by atoms with E-state index in [2.05, 4.69) is 5.43 Å². The molecule has 0 aliphatic heterocycles. The summed E-state index contributed by atoms with van der Waals surface area (Å²) in [6.45, 7) is 3.66. The van der Waals surface area contributed by atoms with E-state index in [1.807, 2.05) is 13.0 Å². The van der Waals surface area contributed by atoms with Crippen molar-refractivity contribution in [2.75, 3.05) is 0 Å². The molecule has 0 aromatic carbocycles. The van der Waals surface area contributed by atoms with Gasteiger partial charge in [-0.05, 0) is 13.3 Å². The monoisotopic (exact) mass is 113 g/mol. The first-order chi connectivity index (χ1) is 3.68. The van der Waals surface area contributed by atoms with Gasteiger partial charge in [0.2, 0.25) is 0 Å². The SMILES string of the molecule is CCC(C)(C#N)NN. The molecule has 0 radical (unpaired) electrons. The first-order valence-electron chi connectivity index (χ1n) is 2.57. The fourth-order valence-electron chi connectivity index (χ4n) is 0.213. The maximum absolute atomic E-state index is 8.39. The van der Waals surface area contributed by atoms with Crippen LogP contribution >= 0.6 is 0 Å². The Morgan fingerprint density at radius 2 is 2.38 bits per heavy atom. The van der Waals surface area contributed by atoms with Crippen LogP contribution in [0.4, 0.5) is 0 Å². The Kier molecular flexibility index (Phi) is 2.46. The molecule has 0 fully saturated rings. The van der Waals surface area contributed by atoms with Crippen LogP contribution in [-0.2, 0) is 0 Å². The van der Waals surface area contributed by atoms with Gasteiger partial charge in [0.15, 0.2) is 0 Å². The van der Waals surface area contributed by atoms with E-state index in [-0.39, 0.29) is 0 Å². The number of nitrogens with zero attached hydrogens (tertiary/aromatic N) is 1. The molecule has 8 heavy (non-hydrogen) atoms. The highest BCUT2D eigenvalue weighted by atomic mass is 15.3. The average Bonchev–Trinajstić information content (AvgIpc) is 1.87. The lowest BCUT2D eigenvalue weighted by molar-refractivity contribution is 0.446. The summed E-state index contributed by atoms with van der Waals surface area (Å²) < 4.78 is 0. The molecule has 0 saturated carbocycles. The van der Waals surface area contributed by atoms with Crippen molar-refractivity contribution in [2.45, 2.75) is 25.8 Å². The number of nitriles is 1. The molecule has 0 aliphatic carbocycles. The Morgan fingerprint density at radius 1 is 1.88 bits per heavy atom. The van der Waals surface area contributed by atoms with E-state index in [0.29, 0.717) is 0 Å². The molecule has 0 bridgehead atoms. The van der Waals surface area contributed by atoms with E-state index in [4.69, 9.17) is 11.1 Å². The van der Waals surface area contributed by atoms with Crippen LogP contribution in [0.5, 0.6) is 0 Å². The smallest absolute Gasteiger partial charge is 0.115 e. The molecule has 0 aromatic heterocycles. The van der Waals surface area contributed by atoms with Gasteiger partial charge in [0.1, 0.15) is 5.54 Å². The quantitative estimate of drug-likeness (QED) is 0.395. The van der Waals surface area contributed by atoms with Crippen LogP contribution in [0.2, 0.25) is 0 Å². The van der Waals surface area contributed by atoms with Crippen LogP contribution in [0.1, 0.15) is 20.3 Å². The highest BCUT2D eigenvalue weighted by Crippen LogP contribution is 2.03. The van der Waals surface area contributed by atoms with E-state index in [9.17, 15) is 0 Å². The van der Waals surface area contributed by atoms with Gasteiger partial charge in [-0.2, -0.15) is 5.26 Å². The fraction of sp³-hybridized carbons (Fsp3) is 0.800. The number of rotatable bonds is 2. The van der Waals surface area contributed by atoms with Crippen LogP contribution in [0.25, 0.3) is 0 Å². The topological polar surface area (TPSA) is 61.8 Å². The predicted octanol–water partition coefficient (Wildman–Crippen LogP) is 0.142. The number of hydrogen-bond donors (Lipinski definition) is 2. The minimum absolute atomic E-state index is 0.542. The minimum atomic E-state index is -0.542. The van der Waals surface area contributed by atoms with Crippen LogP contribution in [0, 0.1) is 11.3 Å². The third kappa shape index (κ3) is 1.49. The van der Waals surface area contributed by atoms with Gasteiger partial charge >= 0.3 is 0 Å². The molecule has 1 unspecified atom stereocenters. The number of hydrazine groups is 1. The van der Waals surface area contributed by atoms with Crippen molar-refractivity contribution in [3.8, 4) is 6.07 Å². The fourth-order valence-corrected chi connectivity index (χ4v) is 0.213. The van der Waals surface area contributed by atoms with E-state index < -0.39 is 5.54 Å². The summed E-state index contributed by atoms with van der Waals surface area (Å²) in [5.74, 6) is 5.06. The van der Waals surface area contributed by atoms with E-state index in [0.717, 1.165) is 6.42 Å². The molecule has 0 aromatic rings. The van der Waals surface area contributed by atoms with Crippen LogP contribution in [0.15, 0.2) is 0 Å². The molecule has 0 rings (SSSR count). The van der Waals surface area contributed by atoms with Crippen molar-refractivity contribution in [2.24, 2.45) is 5.84 Å². The number of nitrogens with two attached hydrogens (primary N) is 1. The van der Waals surface area contributed by atoms with Crippen LogP contribution in [-0.4, -0.2) is 5.54 Å². The molecule has 0 heterocycles. The summed E-state index contributed by atoms with van der Waals surface area (Å²) in [5.41, 5.74) is 1.87. The number of nitrogens with one attached hydrogen (secondary N) is 1. The van der Waals surface area contributed by atoms with Crippen molar-refractivity contribution < 1.29 is 0 Å². The van der Waals surface area contributed by atoms with Crippen molar-refractivity contribution in [1.82, 2.24) is 5.43 Å². The zero-order valence-electron chi connectivity index (χ0n) is 5.23. The Bertz CT molecular complexity index is 98.7. The van der Waals surface area contributed by atoms with Gasteiger partial charge in [-0.3, -0.25) is 5.84 Å². The number of hydrogen-bond acceptors (Lipinski definition) is 3. The third-order valence-corrected chi connectivity index (χ3v) is 1.27. The van der Waals surface area contributed by atoms with E-state index in [1.54, 1.807) is 6.92 Å². The van der Waals surface area contributed by atoms with Gasteiger partial charge in [0.25, 0.3) is 0 Å². The van der Waals surface area contributed by atoms with Gasteiger partial charge < -0.3 is 0 Å². The average molecular weight is 113 g/mol. The molecule has 3 heteroatoms. The van der Waals surface area contributed by atoms with Crippen LogP contribution < -0.4 is 11.3 Å². The molecular weight excluding hydrogens is 102 g/mol. The van der Waals surface area contributed by atoms with Gasteiger partial charge in [-0.15, -0.1) is 0 Å².